The zero-order chi connectivity index (χ0) is 14.7. The Morgan fingerprint density at radius 2 is 2.00 bits per heavy atom. The Balaban J connectivity index is 1.60. The molecule has 0 aliphatic rings. The number of aromatic amines is 1. The minimum Gasteiger partial charge on any atom is -0.361 e. The van der Waals surface area contributed by atoms with Crippen LogP contribution < -0.4 is 5.32 Å². The fourth-order valence-corrected chi connectivity index (χ4v) is 2.78. The maximum atomic E-state index is 6.21. The van der Waals surface area contributed by atoms with E-state index in [9.17, 15) is 0 Å². The van der Waals surface area contributed by atoms with E-state index in [2.05, 4.69) is 47.6 Å². The van der Waals surface area contributed by atoms with Crippen molar-refractivity contribution in [1.29, 1.82) is 0 Å². The fourth-order valence-electron chi connectivity index (χ4n) is 2.56. The molecule has 0 radical (unpaired) electrons. The molecule has 0 bridgehead atoms. The molecule has 0 aliphatic heterocycles. The molecule has 2 nitrogen and oxygen atoms in total. The molecule has 0 amide bonds. The summed E-state index contributed by atoms with van der Waals surface area (Å²) >= 11 is 6.21. The highest BCUT2D eigenvalue weighted by Crippen LogP contribution is 2.17. The van der Waals surface area contributed by atoms with Crippen molar-refractivity contribution >= 4 is 22.5 Å². The molecule has 1 atom stereocenters. The molecule has 1 unspecified atom stereocenters. The van der Waals surface area contributed by atoms with Crippen LogP contribution in [0.1, 0.15) is 18.1 Å². The van der Waals surface area contributed by atoms with Gasteiger partial charge in [0.25, 0.3) is 0 Å². The van der Waals surface area contributed by atoms with Crippen molar-refractivity contribution in [3.8, 4) is 0 Å². The summed E-state index contributed by atoms with van der Waals surface area (Å²) in [5.74, 6) is 0. The largest absolute Gasteiger partial charge is 0.361 e. The molecule has 1 aromatic heterocycles. The first-order valence-electron chi connectivity index (χ1n) is 7.25. The molecule has 21 heavy (non-hydrogen) atoms. The van der Waals surface area contributed by atoms with E-state index in [1.54, 1.807) is 0 Å². The number of hydrogen-bond donors (Lipinski definition) is 2. The van der Waals surface area contributed by atoms with Gasteiger partial charge >= 0.3 is 0 Å². The molecule has 0 spiro atoms. The molecule has 0 fully saturated rings. The van der Waals surface area contributed by atoms with E-state index in [-0.39, 0.29) is 0 Å². The van der Waals surface area contributed by atoms with Gasteiger partial charge in [0.1, 0.15) is 0 Å². The highest BCUT2D eigenvalue weighted by molar-refractivity contribution is 6.31. The average Bonchev–Trinajstić information content (AvgIpc) is 2.95. The number of H-pyrrole nitrogens is 1. The topological polar surface area (TPSA) is 27.8 Å². The third-order valence-corrected chi connectivity index (χ3v) is 4.13. The zero-order valence-corrected chi connectivity index (χ0v) is 12.8. The lowest BCUT2D eigenvalue weighted by molar-refractivity contribution is 0.546. The van der Waals surface area contributed by atoms with Gasteiger partial charge in [-0.3, -0.25) is 0 Å². The van der Waals surface area contributed by atoms with Crippen LogP contribution in [-0.4, -0.2) is 11.0 Å². The van der Waals surface area contributed by atoms with Crippen LogP contribution in [-0.2, 0) is 13.0 Å². The van der Waals surface area contributed by atoms with Gasteiger partial charge in [-0.1, -0.05) is 41.9 Å². The Morgan fingerprint density at radius 3 is 2.86 bits per heavy atom. The third-order valence-electron chi connectivity index (χ3n) is 3.76. The maximum Gasteiger partial charge on any atom is 0.0457 e. The van der Waals surface area contributed by atoms with Crippen molar-refractivity contribution in [3.63, 3.8) is 0 Å². The Hall–Kier alpha value is -1.77. The first kappa shape index (κ1) is 14.2. The smallest absolute Gasteiger partial charge is 0.0457 e. The molecule has 108 valence electrons. The SMILES string of the molecule is CC(Cc1ccccc1Cl)NCc1ccc2cc[nH]c2c1. The van der Waals surface area contributed by atoms with Crippen LogP contribution in [0.3, 0.4) is 0 Å². The van der Waals surface area contributed by atoms with Gasteiger partial charge in [0.05, 0.1) is 0 Å². The molecule has 2 N–H and O–H groups in total. The molecule has 0 saturated carbocycles. The molecular weight excluding hydrogens is 280 g/mol. The summed E-state index contributed by atoms with van der Waals surface area (Å²) < 4.78 is 0. The highest BCUT2D eigenvalue weighted by atomic mass is 35.5. The van der Waals surface area contributed by atoms with Crippen molar-refractivity contribution in [2.45, 2.75) is 25.9 Å². The van der Waals surface area contributed by atoms with Gasteiger partial charge in [0.15, 0.2) is 0 Å². The molecule has 3 heteroatoms. The predicted octanol–water partition coefficient (Wildman–Crippen LogP) is 4.54. The minimum atomic E-state index is 0.379. The zero-order valence-electron chi connectivity index (χ0n) is 12.1. The lowest BCUT2D eigenvalue weighted by Crippen LogP contribution is -2.27. The van der Waals surface area contributed by atoms with Gasteiger partial charge in [-0.25, -0.2) is 0 Å². The lowest BCUT2D eigenvalue weighted by Gasteiger charge is -2.15. The van der Waals surface area contributed by atoms with Crippen molar-refractivity contribution in [1.82, 2.24) is 10.3 Å². The summed E-state index contributed by atoms with van der Waals surface area (Å²) in [6.45, 7) is 3.05. The summed E-state index contributed by atoms with van der Waals surface area (Å²) in [5, 5.41) is 5.66. The monoisotopic (exact) mass is 298 g/mol. The van der Waals surface area contributed by atoms with E-state index in [0.29, 0.717) is 6.04 Å². The number of fused-ring (bicyclic) bond motifs is 1. The second-order valence-corrected chi connectivity index (χ2v) is 5.88. The van der Waals surface area contributed by atoms with Gasteiger partial charge in [-0.2, -0.15) is 0 Å². The van der Waals surface area contributed by atoms with E-state index in [1.165, 1.54) is 22.0 Å². The quantitative estimate of drug-likeness (QED) is 0.711. The van der Waals surface area contributed by atoms with E-state index in [4.69, 9.17) is 11.6 Å². The molecule has 1 heterocycles. The number of aromatic nitrogens is 1. The van der Waals surface area contributed by atoms with Crippen LogP contribution in [0.15, 0.2) is 54.7 Å². The van der Waals surface area contributed by atoms with Crippen LogP contribution in [0.2, 0.25) is 5.02 Å². The normalized spacial score (nSPS) is 12.7. The third kappa shape index (κ3) is 3.46. The molecule has 0 aliphatic carbocycles. The Labute approximate surface area is 130 Å². The second kappa shape index (κ2) is 6.33. The van der Waals surface area contributed by atoms with Gasteiger partial charge in [-0.15, -0.1) is 0 Å². The number of benzene rings is 2. The van der Waals surface area contributed by atoms with Crippen LogP contribution >= 0.6 is 11.6 Å². The summed E-state index contributed by atoms with van der Waals surface area (Å²) in [6, 6.07) is 17.0. The van der Waals surface area contributed by atoms with Crippen LogP contribution in [0, 0.1) is 0 Å². The fraction of sp³-hybridized carbons (Fsp3) is 0.222. The van der Waals surface area contributed by atoms with Crippen molar-refractivity contribution in [2.24, 2.45) is 0 Å². The summed E-state index contributed by atoms with van der Waals surface area (Å²) in [7, 11) is 0. The Morgan fingerprint density at radius 1 is 1.14 bits per heavy atom. The molecule has 3 rings (SSSR count). The number of nitrogens with one attached hydrogen (secondary N) is 2. The van der Waals surface area contributed by atoms with Gasteiger partial charge in [0, 0.05) is 29.3 Å². The number of hydrogen-bond acceptors (Lipinski definition) is 1. The molecule has 2 aromatic carbocycles. The average molecular weight is 299 g/mol. The standard InChI is InChI=1S/C18H19ClN2/c1-13(10-16-4-2-3-5-17(16)19)21-12-14-6-7-15-8-9-20-18(15)11-14/h2-9,11,13,20-21H,10,12H2,1H3. The van der Waals surface area contributed by atoms with Gasteiger partial charge in [0.2, 0.25) is 0 Å². The van der Waals surface area contributed by atoms with Crippen LogP contribution in [0.4, 0.5) is 0 Å². The van der Waals surface area contributed by atoms with E-state index in [1.807, 2.05) is 24.4 Å². The molecule has 3 aromatic rings. The van der Waals surface area contributed by atoms with Crippen molar-refractivity contribution in [2.75, 3.05) is 0 Å². The van der Waals surface area contributed by atoms with E-state index in [0.717, 1.165) is 18.0 Å². The highest BCUT2D eigenvalue weighted by Gasteiger charge is 2.06. The summed E-state index contributed by atoms with van der Waals surface area (Å²) in [4.78, 5) is 3.25. The lowest BCUT2D eigenvalue weighted by atomic mass is 10.1. The van der Waals surface area contributed by atoms with E-state index >= 15 is 0 Å². The van der Waals surface area contributed by atoms with E-state index < -0.39 is 0 Å². The summed E-state index contributed by atoms with van der Waals surface area (Å²) in [6.07, 6.45) is 2.91. The summed E-state index contributed by atoms with van der Waals surface area (Å²) in [5.41, 5.74) is 3.67. The molecule has 0 saturated heterocycles. The maximum absolute atomic E-state index is 6.21. The minimum absolute atomic E-state index is 0.379. The van der Waals surface area contributed by atoms with Crippen LogP contribution in [0.25, 0.3) is 10.9 Å². The predicted molar refractivity (Wildman–Crippen MR) is 89.8 cm³/mol. The van der Waals surface area contributed by atoms with Gasteiger partial charge in [-0.05, 0) is 48.1 Å². The molecular formula is C18H19ClN2. The van der Waals surface area contributed by atoms with Crippen LogP contribution in [0.5, 0.6) is 0 Å². The Bertz CT molecular complexity index is 733. The number of halogens is 1. The Kier molecular flexibility index (Phi) is 4.28. The first-order chi connectivity index (χ1) is 10.2. The van der Waals surface area contributed by atoms with Gasteiger partial charge < -0.3 is 10.3 Å². The van der Waals surface area contributed by atoms with Crippen molar-refractivity contribution < 1.29 is 0 Å². The first-order valence-corrected chi connectivity index (χ1v) is 7.63. The second-order valence-electron chi connectivity index (χ2n) is 5.48. The van der Waals surface area contributed by atoms with Crippen molar-refractivity contribution in [3.05, 3.63) is 70.9 Å². The number of rotatable bonds is 5.